The first-order valence-electron chi connectivity index (χ1n) is 19.8. The normalized spacial score (nSPS) is 18.1. The summed E-state index contributed by atoms with van der Waals surface area (Å²) in [6.45, 7) is 2.28. The lowest BCUT2D eigenvalue weighted by Crippen LogP contribution is -2.34. The van der Waals surface area contributed by atoms with Crippen molar-refractivity contribution in [2.75, 3.05) is 61.7 Å². The third-order valence-corrected chi connectivity index (χ3v) is 12.7. The van der Waals surface area contributed by atoms with Crippen LogP contribution in [0.3, 0.4) is 0 Å². The number of ether oxygens (including phenoxy) is 6. The maximum Gasteiger partial charge on any atom is 0.209 e. The van der Waals surface area contributed by atoms with Crippen LogP contribution in [0.2, 0.25) is 0 Å². The SMILES string of the molecule is COc1cc2c3cc1Oc1c(OC)c(OC)cc4c1C(Cc1ccc(OCCCN[S+]([O-])c5ccc(F)cc5F)c(c1)Oc1ccc(cc1)CC3N(C)CC2)N(C)CC4. The summed E-state index contributed by atoms with van der Waals surface area (Å²) in [6.07, 6.45) is 3.55. The largest absolute Gasteiger partial charge is 0.593 e. The Morgan fingerprint density at radius 2 is 1.44 bits per heavy atom. The highest BCUT2D eigenvalue weighted by Gasteiger charge is 2.35. The van der Waals surface area contributed by atoms with Gasteiger partial charge in [-0.05, 0) is 123 Å². The molecule has 4 heterocycles. The van der Waals surface area contributed by atoms with Crippen LogP contribution in [0.4, 0.5) is 8.78 Å². The summed E-state index contributed by atoms with van der Waals surface area (Å²) < 4.78 is 80.9. The molecule has 5 aromatic rings. The van der Waals surface area contributed by atoms with E-state index >= 15 is 0 Å². The van der Waals surface area contributed by atoms with Gasteiger partial charge >= 0.3 is 0 Å². The number of nitrogens with one attached hydrogen (secondary N) is 1. The topological polar surface area (TPSA) is 97.0 Å². The molecule has 4 aliphatic heterocycles. The summed E-state index contributed by atoms with van der Waals surface area (Å²) in [5, 5.41) is 0. The van der Waals surface area contributed by atoms with Gasteiger partial charge in [-0.3, -0.25) is 9.80 Å². The number of hydrogen-bond donors (Lipinski definition) is 1. The van der Waals surface area contributed by atoms with Crippen LogP contribution < -0.4 is 33.1 Å². The van der Waals surface area contributed by atoms with Gasteiger partial charge in [0.1, 0.15) is 11.6 Å². The smallest absolute Gasteiger partial charge is 0.209 e. The van der Waals surface area contributed by atoms with Gasteiger partial charge in [0.25, 0.3) is 0 Å². The Kier molecular flexibility index (Phi) is 12.2. The van der Waals surface area contributed by atoms with E-state index in [1.165, 1.54) is 17.2 Å². The van der Waals surface area contributed by atoms with Crippen molar-refractivity contribution in [3.63, 3.8) is 0 Å². The second-order valence-electron chi connectivity index (χ2n) is 15.2. The van der Waals surface area contributed by atoms with E-state index in [4.69, 9.17) is 28.4 Å². The lowest BCUT2D eigenvalue weighted by Gasteiger charge is -2.37. The standard InChI is InChI=1S/C46H49F2N3O7S/c1-50-18-15-30-24-39(53-3)41-27-34(30)36(50)21-28-7-11-33(12-8-28)57-40-23-29(9-13-38(40)56-20-6-17-49-59(52)43-14-10-32(47)26-35(43)48)22-37-44-31(16-19-51(37)2)25-42(54-4)45(55-5)46(44)58-41/h7-14,23-27,36-37,49H,6,15-22H2,1-5H3. The molecule has 3 unspecified atom stereocenters. The Hall–Kier alpha value is -5.05. The number of methoxy groups -OCH3 is 3. The average molecular weight is 826 g/mol. The zero-order chi connectivity index (χ0) is 41.2. The van der Waals surface area contributed by atoms with Crippen LogP contribution in [0.25, 0.3) is 0 Å². The number of nitrogens with zero attached hydrogens (tertiary/aromatic N) is 2. The fourth-order valence-corrected chi connectivity index (χ4v) is 9.26. The molecule has 0 radical (unpaired) electrons. The van der Waals surface area contributed by atoms with E-state index in [1.807, 2.05) is 30.3 Å². The molecule has 5 aromatic carbocycles. The molecule has 0 aromatic heterocycles. The number of fused-ring (bicyclic) bond motifs is 2. The molecule has 4 aliphatic rings. The monoisotopic (exact) mass is 825 g/mol. The lowest BCUT2D eigenvalue weighted by molar-refractivity contribution is 0.220. The molecule has 9 rings (SSSR count). The maximum absolute atomic E-state index is 14.2. The summed E-state index contributed by atoms with van der Waals surface area (Å²) in [4.78, 5) is 4.63. The van der Waals surface area contributed by atoms with Crippen LogP contribution in [-0.2, 0) is 37.0 Å². The highest BCUT2D eigenvalue weighted by Crippen LogP contribution is 2.52. The molecule has 3 atom stereocenters. The third kappa shape index (κ3) is 8.53. The second-order valence-corrected chi connectivity index (χ2v) is 16.5. The summed E-state index contributed by atoms with van der Waals surface area (Å²) >= 11 is -1.84. The molecule has 59 heavy (non-hydrogen) atoms. The molecule has 13 heteroatoms. The van der Waals surface area contributed by atoms with Crippen molar-refractivity contribution in [1.29, 1.82) is 0 Å². The van der Waals surface area contributed by atoms with E-state index in [9.17, 15) is 13.3 Å². The Morgan fingerprint density at radius 1 is 0.746 bits per heavy atom. The van der Waals surface area contributed by atoms with E-state index in [0.717, 1.165) is 66.7 Å². The van der Waals surface area contributed by atoms with E-state index in [2.05, 4.69) is 58.9 Å². The van der Waals surface area contributed by atoms with Crippen LogP contribution >= 0.6 is 0 Å². The zero-order valence-corrected chi connectivity index (χ0v) is 34.8. The Morgan fingerprint density at radius 3 is 2.19 bits per heavy atom. The van der Waals surface area contributed by atoms with Crippen molar-refractivity contribution in [2.24, 2.45) is 0 Å². The van der Waals surface area contributed by atoms with Crippen LogP contribution in [0, 0.1) is 11.6 Å². The van der Waals surface area contributed by atoms with E-state index < -0.39 is 23.0 Å². The van der Waals surface area contributed by atoms with Crippen LogP contribution in [0.5, 0.6) is 46.0 Å². The molecular weight excluding hydrogens is 777 g/mol. The first-order chi connectivity index (χ1) is 28.6. The number of benzene rings is 5. The van der Waals surface area contributed by atoms with E-state index in [0.29, 0.717) is 58.8 Å². The van der Waals surface area contributed by atoms with Gasteiger partial charge < -0.3 is 33.0 Å². The summed E-state index contributed by atoms with van der Waals surface area (Å²) in [5.41, 5.74) is 6.76. The summed E-state index contributed by atoms with van der Waals surface area (Å²) in [6, 6.07) is 23.5. The Balaban J connectivity index is 1.16. The molecule has 0 spiro atoms. The van der Waals surface area contributed by atoms with Gasteiger partial charge in [-0.1, -0.05) is 18.2 Å². The number of rotatable bonds is 10. The molecule has 310 valence electrons. The first kappa shape index (κ1) is 40.7. The van der Waals surface area contributed by atoms with Gasteiger partial charge in [0, 0.05) is 49.4 Å². The predicted octanol–water partition coefficient (Wildman–Crippen LogP) is 8.51. The molecule has 0 saturated carbocycles. The van der Waals surface area contributed by atoms with Crippen molar-refractivity contribution in [2.45, 2.75) is 49.1 Å². The maximum atomic E-state index is 14.2. The van der Waals surface area contributed by atoms with Gasteiger partial charge in [0.2, 0.25) is 10.6 Å². The third-order valence-electron chi connectivity index (χ3n) is 11.5. The van der Waals surface area contributed by atoms with Gasteiger partial charge in [0.05, 0.1) is 39.3 Å². The molecule has 0 saturated heterocycles. The quantitative estimate of drug-likeness (QED) is 0.109. The minimum absolute atomic E-state index is 0.0935. The minimum atomic E-state index is -1.84. The number of hydrogen-bond acceptors (Lipinski definition) is 10. The minimum Gasteiger partial charge on any atom is -0.593 e. The van der Waals surface area contributed by atoms with Crippen LogP contribution in [-0.4, -0.2) is 76.0 Å². The first-order valence-corrected chi connectivity index (χ1v) is 21.0. The molecule has 10 nitrogen and oxygen atoms in total. The fourth-order valence-electron chi connectivity index (χ4n) is 8.35. The van der Waals surface area contributed by atoms with Crippen molar-refractivity contribution < 1.29 is 41.8 Å². The van der Waals surface area contributed by atoms with E-state index in [-0.39, 0.29) is 30.1 Å². The van der Waals surface area contributed by atoms with Gasteiger partial charge in [-0.2, -0.15) is 0 Å². The fraction of sp³-hybridized carbons (Fsp3) is 0.348. The lowest BCUT2D eigenvalue weighted by atomic mass is 9.87. The van der Waals surface area contributed by atoms with Crippen molar-refractivity contribution in [3.05, 3.63) is 124 Å². The molecule has 0 amide bonds. The Labute approximate surface area is 347 Å². The van der Waals surface area contributed by atoms with Crippen LogP contribution in [0.15, 0.2) is 83.8 Å². The average Bonchev–Trinajstić information content (AvgIpc) is 3.23. The molecular formula is C46H49F2N3O7S. The van der Waals surface area contributed by atoms with Crippen molar-refractivity contribution in [1.82, 2.24) is 14.5 Å². The van der Waals surface area contributed by atoms with E-state index in [1.54, 1.807) is 21.3 Å². The highest BCUT2D eigenvalue weighted by atomic mass is 32.2. The Bertz CT molecular complexity index is 2310. The predicted molar refractivity (Wildman–Crippen MR) is 222 cm³/mol. The van der Waals surface area contributed by atoms with Gasteiger partial charge in [-0.25, -0.2) is 8.78 Å². The molecule has 0 fully saturated rings. The van der Waals surface area contributed by atoms with Gasteiger partial charge in [-0.15, -0.1) is 4.72 Å². The second kappa shape index (κ2) is 17.7. The van der Waals surface area contributed by atoms with Crippen LogP contribution in [0.1, 0.15) is 51.9 Å². The molecule has 6 bridgehead atoms. The summed E-state index contributed by atoms with van der Waals surface area (Å²) in [7, 11) is 9.26. The number of likely N-dealkylation sites (N-methyl/N-ethyl adjacent to an activating group) is 2. The highest BCUT2D eigenvalue weighted by molar-refractivity contribution is 7.89. The number of halogens is 2. The van der Waals surface area contributed by atoms with Crippen molar-refractivity contribution >= 4 is 11.4 Å². The van der Waals surface area contributed by atoms with Crippen molar-refractivity contribution in [3.8, 4) is 46.0 Å². The zero-order valence-electron chi connectivity index (χ0n) is 33.9. The van der Waals surface area contributed by atoms with Gasteiger partial charge in [0.15, 0.2) is 40.3 Å². The molecule has 1 N–H and O–H groups in total. The summed E-state index contributed by atoms with van der Waals surface area (Å²) in [5.74, 6) is 3.19. The molecule has 0 aliphatic carbocycles.